The fourth-order valence-electron chi connectivity index (χ4n) is 4.63. The summed E-state index contributed by atoms with van der Waals surface area (Å²) in [4.78, 5) is 7.69. The fourth-order valence-corrected chi connectivity index (χ4v) is 6.06. The second-order valence-corrected chi connectivity index (χ2v) is 10.9. The number of rotatable bonds is 9. The van der Waals surface area contributed by atoms with Crippen LogP contribution in [0.4, 0.5) is 0 Å². The predicted octanol–water partition coefficient (Wildman–Crippen LogP) is 3.25. The summed E-state index contributed by atoms with van der Waals surface area (Å²) in [6.07, 6.45) is 2.40. The average molecular weight is 485 g/mol. The summed E-state index contributed by atoms with van der Waals surface area (Å²) in [5.74, 6) is 1.83. The van der Waals surface area contributed by atoms with Crippen molar-refractivity contribution < 1.29 is 17.9 Å². The van der Waals surface area contributed by atoms with Gasteiger partial charge >= 0.3 is 0 Å². The van der Waals surface area contributed by atoms with Gasteiger partial charge in [0.05, 0.1) is 42.8 Å². The lowest BCUT2D eigenvalue weighted by molar-refractivity contribution is 0.0730. The van der Waals surface area contributed by atoms with Crippen molar-refractivity contribution in [3.05, 3.63) is 53.9 Å². The maximum Gasteiger partial charge on any atom is 0.243 e. The molecule has 1 aromatic heterocycles. The maximum absolute atomic E-state index is 13.1. The lowest BCUT2D eigenvalue weighted by Gasteiger charge is -2.26. The van der Waals surface area contributed by atoms with Crippen LogP contribution in [0.3, 0.4) is 0 Å². The van der Waals surface area contributed by atoms with Crippen molar-refractivity contribution in [1.82, 2.24) is 18.8 Å². The summed E-state index contributed by atoms with van der Waals surface area (Å²) in [7, 11) is -1.87. The smallest absolute Gasteiger partial charge is 0.243 e. The van der Waals surface area contributed by atoms with Crippen molar-refractivity contribution in [2.75, 3.05) is 33.4 Å². The predicted molar refractivity (Wildman–Crippen MR) is 130 cm³/mol. The number of sulfonamides is 1. The van der Waals surface area contributed by atoms with Gasteiger partial charge in [0.25, 0.3) is 0 Å². The van der Waals surface area contributed by atoms with Gasteiger partial charge < -0.3 is 14.0 Å². The van der Waals surface area contributed by atoms with Gasteiger partial charge in [0, 0.05) is 32.2 Å². The van der Waals surface area contributed by atoms with Crippen LogP contribution in [0.25, 0.3) is 11.0 Å². The highest BCUT2D eigenvalue weighted by Gasteiger charge is 2.31. The highest BCUT2D eigenvalue weighted by molar-refractivity contribution is 7.89. The topological polar surface area (TPSA) is 76.9 Å². The number of fused-ring (bicyclic) bond motifs is 1. The highest BCUT2D eigenvalue weighted by atomic mass is 32.2. The Labute approximate surface area is 201 Å². The first-order valence-electron chi connectivity index (χ1n) is 11.9. The molecule has 3 aromatic rings. The largest absolute Gasteiger partial charge is 0.497 e. The van der Waals surface area contributed by atoms with Gasteiger partial charge in [0.2, 0.25) is 10.0 Å². The van der Waals surface area contributed by atoms with Crippen LogP contribution in [0.1, 0.15) is 31.2 Å². The third-order valence-corrected chi connectivity index (χ3v) is 8.57. The van der Waals surface area contributed by atoms with Crippen molar-refractivity contribution in [1.29, 1.82) is 0 Å². The molecule has 34 heavy (non-hydrogen) atoms. The second-order valence-electron chi connectivity index (χ2n) is 8.92. The van der Waals surface area contributed by atoms with Crippen LogP contribution >= 0.6 is 0 Å². The van der Waals surface area contributed by atoms with Crippen molar-refractivity contribution >= 4 is 21.1 Å². The summed E-state index contributed by atoms with van der Waals surface area (Å²) in [5, 5.41) is 0. The summed E-state index contributed by atoms with van der Waals surface area (Å²) in [6.45, 7) is 6.09. The Morgan fingerprint density at radius 3 is 2.47 bits per heavy atom. The molecule has 9 heteroatoms. The molecule has 1 saturated heterocycles. The molecule has 0 bridgehead atoms. The molecule has 2 aliphatic rings. The zero-order valence-electron chi connectivity index (χ0n) is 19.8. The van der Waals surface area contributed by atoms with E-state index in [-0.39, 0.29) is 0 Å². The van der Waals surface area contributed by atoms with Crippen LogP contribution in [-0.4, -0.2) is 66.6 Å². The lowest BCUT2D eigenvalue weighted by atomic mass is 10.2. The minimum Gasteiger partial charge on any atom is -0.497 e. The van der Waals surface area contributed by atoms with E-state index in [1.807, 2.05) is 18.2 Å². The van der Waals surface area contributed by atoms with Crippen LogP contribution in [0.2, 0.25) is 0 Å². The van der Waals surface area contributed by atoms with E-state index in [2.05, 4.69) is 28.5 Å². The summed E-state index contributed by atoms with van der Waals surface area (Å²) in [5.41, 5.74) is 2.94. The molecule has 1 aliphatic carbocycles. The van der Waals surface area contributed by atoms with Gasteiger partial charge in [-0.3, -0.25) is 4.90 Å². The average Bonchev–Trinajstić information content (AvgIpc) is 3.66. The quantitative estimate of drug-likeness (QED) is 0.464. The minimum absolute atomic E-state index is 0.298. The molecule has 182 valence electrons. The summed E-state index contributed by atoms with van der Waals surface area (Å²) >= 11 is 0. The number of aryl methyl sites for hydroxylation is 1. The number of hydrogen-bond donors (Lipinski definition) is 0. The summed E-state index contributed by atoms with van der Waals surface area (Å²) in [6, 6.07) is 14.1. The zero-order valence-corrected chi connectivity index (χ0v) is 20.6. The van der Waals surface area contributed by atoms with E-state index < -0.39 is 10.0 Å². The maximum atomic E-state index is 13.1. The Balaban J connectivity index is 1.41. The summed E-state index contributed by atoms with van der Waals surface area (Å²) < 4.78 is 40.6. The van der Waals surface area contributed by atoms with Crippen molar-refractivity contribution in [3.8, 4) is 5.75 Å². The van der Waals surface area contributed by atoms with Crippen molar-refractivity contribution in [2.45, 2.75) is 50.3 Å². The van der Waals surface area contributed by atoms with Crippen molar-refractivity contribution in [2.24, 2.45) is 0 Å². The van der Waals surface area contributed by atoms with Gasteiger partial charge in [0.15, 0.2) is 0 Å². The number of methoxy groups -OCH3 is 1. The molecule has 0 atom stereocenters. The Morgan fingerprint density at radius 1 is 1.09 bits per heavy atom. The Hall–Kier alpha value is -2.46. The van der Waals surface area contributed by atoms with Gasteiger partial charge in [-0.1, -0.05) is 12.1 Å². The highest BCUT2D eigenvalue weighted by Crippen LogP contribution is 2.31. The molecule has 2 aromatic carbocycles. The first kappa shape index (κ1) is 23.3. The molecular weight excluding hydrogens is 452 g/mol. The minimum atomic E-state index is -3.55. The van der Waals surface area contributed by atoms with Gasteiger partial charge in [-0.05, 0) is 55.7 Å². The molecule has 0 amide bonds. The number of morpholine rings is 1. The van der Waals surface area contributed by atoms with Crippen LogP contribution in [0.15, 0.2) is 47.4 Å². The normalized spacial score (nSPS) is 17.5. The Bertz CT molecular complexity index is 1250. The van der Waals surface area contributed by atoms with Gasteiger partial charge in [0.1, 0.15) is 11.6 Å². The first-order valence-corrected chi connectivity index (χ1v) is 13.4. The van der Waals surface area contributed by atoms with E-state index in [1.54, 1.807) is 19.2 Å². The third-order valence-electron chi connectivity index (χ3n) is 6.68. The molecule has 8 nitrogen and oxygen atoms in total. The molecule has 0 N–H and O–H groups in total. The SMILES string of the molecule is CCn1c(CN(Cc2ccc(OC)cc2)C2CC2)nc2cc(S(=O)(=O)N3CCOCC3)ccc21. The van der Waals surface area contributed by atoms with Crippen LogP contribution < -0.4 is 4.74 Å². The van der Waals surface area contributed by atoms with Crippen LogP contribution in [0.5, 0.6) is 5.75 Å². The van der Waals surface area contributed by atoms with Gasteiger partial charge in [-0.15, -0.1) is 0 Å². The number of imidazole rings is 1. The zero-order chi connectivity index (χ0) is 23.7. The van der Waals surface area contributed by atoms with E-state index in [4.69, 9.17) is 14.5 Å². The molecular formula is C25H32N4O4S. The molecule has 1 aliphatic heterocycles. The first-order chi connectivity index (χ1) is 16.5. The number of hydrogen-bond acceptors (Lipinski definition) is 6. The monoisotopic (exact) mass is 484 g/mol. The number of ether oxygens (including phenoxy) is 2. The molecule has 0 radical (unpaired) electrons. The second kappa shape index (κ2) is 9.65. The Morgan fingerprint density at radius 2 is 1.82 bits per heavy atom. The van der Waals surface area contributed by atoms with Crippen LogP contribution in [-0.2, 0) is 34.4 Å². The Kier molecular flexibility index (Phi) is 6.61. The number of aromatic nitrogens is 2. The third kappa shape index (κ3) is 4.70. The molecule has 1 saturated carbocycles. The van der Waals surface area contributed by atoms with Gasteiger partial charge in [-0.2, -0.15) is 4.31 Å². The van der Waals surface area contributed by atoms with E-state index >= 15 is 0 Å². The molecule has 5 rings (SSSR count). The van der Waals surface area contributed by atoms with Gasteiger partial charge in [-0.25, -0.2) is 13.4 Å². The van der Waals surface area contributed by atoms with Crippen LogP contribution in [0, 0.1) is 0 Å². The van der Waals surface area contributed by atoms with Crippen molar-refractivity contribution in [3.63, 3.8) is 0 Å². The molecule has 0 spiro atoms. The number of nitrogens with zero attached hydrogens (tertiary/aromatic N) is 4. The standard InChI is InChI=1S/C25H32N4O4S/c1-3-29-24-11-10-22(34(30,31)28-12-14-33-15-13-28)16-23(24)26-25(29)18-27(20-6-7-20)17-19-4-8-21(32-2)9-5-19/h4-5,8-11,16,20H,3,6-7,12-15,17-18H2,1-2H3. The number of benzene rings is 2. The van der Waals surface area contributed by atoms with E-state index in [0.717, 1.165) is 42.2 Å². The van der Waals surface area contributed by atoms with E-state index in [0.29, 0.717) is 37.2 Å². The molecule has 2 fully saturated rings. The fraction of sp³-hybridized carbons (Fsp3) is 0.480. The van der Waals surface area contributed by atoms with E-state index in [1.165, 1.54) is 22.7 Å². The molecule has 0 unspecified atom stereocenters. The molecule has 2 heterocycles. The lowest BCUT2D eigenvalue weighted by Crippen LogP contribution is -2.40. The van der Waals surface area contributed by atoms with E-state index in [9.17, 15) is 8.42 Å².